The normalized spacial score (nSPS) is 16.2. The Hall–Kier alpha value is -4.57. The number of fused-ring (bicyclic) bond motifs is 1. The van der Waals surface area contributed by atoms with Crippen molar-refractivity contribution in [3.63, 3.8) is 0 Å². The van der Waals surface area contributed by atoms with Gasteiger partial charge in [0.05, 0.1) is 21.3 Å². The van der Waals surface area contributed by atoms with Crippen LogP contribution in [0, 0.1) is 0 Å². The average molecular weight is 588 g/mol. The van der Waals surface area contributed by atoms with E-state index in [-0.39, 0.29) is 30.8 Å². The second-order valence-electron chi connectivity index (χ2n) is 9.95. The molecule has 3 aromatic carbocycles. The summed E-state index contributed by atoms with van der Waals surface area (Å²) in [5.74, 6) is 1.10. The molecule has 1 atom stereocenters. The highest BCUT2D eigenvalue weighted by molar-refractivity contribution is 7.17. The number of nitrogens with one attached hydrogen (secondary N) is 1. The fourth-order valence-electron chi connectivity index (χ4n) is 4.97. The summed E-state index contributed by atoms with van der Waals surface area (Å²) in [6, 6.07) is 22.9. The van der Waals surface area contributed by atoms with Gasteiger partial charge < -0.3 is 29.2 Å². The minimum Gasteiger partial charge on any atom is -0.493 e. The molecule has 218 valence electrons. The Morgan fingerprint density at radius 3 is 2.33 bits per heavy atom. The fraction of sp³-hybridized carbons (Fsp3) is 0.281. The summed E-state index contributed by atoms with van der Waals surface area (Å²) in [4.78, 5) is 34.6. The molecule has 10 heteroatoms. The maximum atomic E-state index is 14.2. The number of carbonyl (C=O) groups is 2. The molecule has 2 heterocycles. The Balaban J connectivity index is 1.48. The molecule has 1 N–H and O–H groups in total. The van der Waals surface area contributed by atoms with E-state index >= 15 is 0 Å². The van der Waals surface area contributed by atoms with Gasteiger partial charge in [-0.05, 0) is 25.0 Å². The number of carbonyl (C=O) groups excluding carboxylic acids is 2. The Kier molecular flexibility index (Phi) is 8.63. The number of hydrogen-bond acceptors (Lipinski definition) is 8. The summed E-state index contributed by atoms with van der Waals surface area (Å²) in [5, 5.41) is 3.68. The van der Waals surface area contributed by atoms with Crippen LogP contribution in [0.4, 0.5) is 0 Å². The largest absolute Gasteiger partial charge is 0.493 e. The van der Waals surface area contributed by atoms with Gasteiger partial charge in [-0.15, -0.1) is 11.3 Å². The van der Waals surface area contributed by atoms with E-state index in [0.717, 1.165) is 16.7 Å². The molecule has 0 spiro atoms. The van der Waals surface area contributed by atoms with Crippen LogP contribution in [0.3, 0.4) is 0 Å². The summed E-state index contributed by atoms with van der Waals surface area (Å²) < 4.78 is 22.8. The highest BCUT2D eigenvalue weighted by Crippen LogP contribution is 2.41. The predicted octanol–water partition coefficient (Wildman–Crippen LogP) is 4.99. The number of benzene rings is 3. The van der Waals surface area contributed by atoms with Crippen LogP contribution in [0.1, 0.15) is 27.7 Å². The van der Waals surface area contributed by atoms with Gasteiger partial charge in [-0.3, -0.25) is 9.59 Å². The van der Waals surface area contributed by atoms with Crippen molar-refractivity contribution in [1.29, 1.82) is 0 Å². The van der Waals surface area contributed by atoms with Crippen molar-refractivity contribution in [2.45, 2.75) is 25.4 Å². The van der Waals surface area contributed by atoms with E-state index in [1.807, 2.05) is 66.7 Å². The molecule has 1 aliphatic heterocycles. The van der Waals surface area contributed by atoms with Crippen molar-refractivity contribution in [2.75, 3.05) is 34.5 Å². The van der Waals surface area contributed by atoms with Crippen molar-refractivity contribution < 1.29 is 28.5 Å². The molecule has 1 aliphatic rings. The van der Waals surface area contributed by atoms with E-state index in [9.17, 15) is 9.59 Å². The van der Waals surface area contributed by atoms with E-state index in [1.165, 1.54) is 11.3 Å². The highest BCUT2D eigenvalue weighted by atomic mass is 32.1. The first-order valence-electron chi connectivity index (χ1n) is 13.5. The Labute approximate surface area is 249 Å². The van der Waals surface area contributed by atoms with Crippen molar-refractivity contribution in [1.82, 2.24) is 15.2 Å². The zero-order valence-electron chi connectivity index (χ0n) is 24.0. The van der Waals surface area contributed by atoms with Crippen LogP contribution in [0.5, 0.6) is 23.1 Å². The summed E-state index contributed by atoms with van der Waals surface area (Å²) in [6.07, 6.45) is 0.385. The summed E-state index contributed by atoms with van der Waals surface area (Å²) in [6.45, 7) is 2.19. The van der Waals surface area contributed by atoms with Crippen molar-refractivity contribution >= 4 is 23.2 Å². The highest BCUT2D eigenvalue weighted by Gasteiger charge is 2.47. The molecule has 0 fully saturated rings. The van der Waals surface area contributed by atoms with Crippen LogP contribution in [-0.4, -0.2) is 61.7 Å². The van der Waals surface area contributed by atoms with Crippen LogP contribution in [0.15, 0.2) is 72.8 Å². The number of amides is 2. The van der Waals surface area contributed by atoms with Gasteiger partial charge in [0.2, 0.25) is 17.5 Å². The SMILES string of the molecule is COc1ccc(CCN2C(=O)c3sc(-c4ccccc4)nc3OC[C@@]2(C)C(=O)NCc2ccccc2)c(OC)c1OC. The summed E-state index contributed by atoms with van der Waals surface area (Å²) >= 11 is 1.26. The van der Waals surface area contributed by atoms with Crippen LogP contribution >= 0.6 is 11.3 Å². The van der Waals surface area contributed by atoms with Crippen molar-refractivity contribution in [3.8, 4) is 33.7 Å². The molecular weight excluding hydrogens is 554 g/mol. The maximum absolute atomic E-state index is 14.2. The third kappa shape index (κ3) is 5.62. The number of thiazole rings is 1. The molecular formula is C32H33N3O6S. The first-order chi connectivity index (χ1) is 20.4. The molecule has 0 saturated heterocycles. The quantitative estimate of drug-likeness (QED) is 0.279. The van der Waals surface area contributed by atoms with Crippen LogP contribution in [-0.2, 0) is 17.8 Å². The van der Waals surface area contributed by atoms with Crippen LogP contribution in [0.25, 0.3) is 10.6 Å². The van der Waals surface area contributed by atoms with Gasteiger partial charge in [-0.2, -0.15) is 0 Å². The summed E-state index contributed by atoms with van der Waals surface area (Å²) in [7, 11) is 4.66. The molecule has 0 unspecified atom stereocenters. The molecule has 42 heavy (non-hydrogen) atoms. The first-order valence-corrected chi connectivity index (χ1v) is 14.3. The van der Waals surface area contributed by atoms with Gasteiger partial charge in [0.1, 0.15) is 11.6 Å². The lowest BCUT2D eigenvalue weighted by molar-refractivity contribution is -0.133. The average Bonchev–Trinajstić information content (AvgIpc) is 3.43. The van der Waals surface area contributed by atoms with Crippen molar-refractivity contribution in [2.24, 2.45) is 0 Å². The molecule has 0 radical (unpaired) electrons. The summed E-state index contributed by atoms with van der Waals surface area (Å²) in [5.41, 5.74) is 1.32. The van der Waals surface area contributed by atoms with E-state index in [0.29, 0.717) is 40.1 Å². The number of ether oxygens (including phenoxy) is 4. The predicted molar refractivity (Wildman–Crippen MR) is 161 cm³/mol. The Morgan fingerprint density at radius 2 is 1.67 bits per heavy atom. The van der Waals surface area contributed by atoms with E-state index in [2.05, 4.69) is 10.3 Å². The van der Waals surface area contributed by atoms with Gasteiger partial charge >= 0.3 is 0 Å². The Bertz CT molecular complexity index is 1560. The molecule has 0 bridgehead atoms. The van der Waals surface area contributed by atoms with E-state index < -0.39 is 5.54 Å². The topological polar surface area (TPSA) is 99.2 Å². The molecule has 1 aromatic heterocycles. The number of rotatable bonds is 10. The maximum Gasteiger partial charge on any atom is 0.270 e. The van der Waals surface area contributed by atoms with Crippen LogP contribution < -0.4 is 24.3 Å². The molecule has 9 nitrogen and oxygen atoms in total. The molecule has 5 rings (SSSR count). The van der Waals surface area contributed by atoms with Gasteiger partial charge in [0.25, 0.3) is 5.91 Å². The van der Waals surface area contributed by atoms with E-state index in [4.69, 9.17) is 18.9 Å². The standard InChI is InChI=1S/C32H33N3O6S/c1-32(31(37)33-19-21-11-7-5-8-12-21)20-41-28-27(42-29(34-28)23-13-9-6-10-14-23)30(36)35(32)18-17-22-15-16-24(38-2)26(40-4)25(22)39-3/h5-16H,17-20H2,1-4H3,(H,33,37)/t32-/m0/s1. The smallest absolute Gasteiger partial charge is 0.270 e. The lowest BCUT2D eigenvalue weighted by atomic mass is 9.97. The van der Waals surface area contributed by atoms with E-state index in [1.54, 1.807) is 39.2 Å². The van der Waals surface area contributed by atoms with Crippen LogP contribution in [0.2, 0.25) is 0 Å². The Morgan fingerprint density at radius 1 is 0.976 bits per heavy atom. The van der Waals surface area contributed by atoms with Gasteiger partial charge in [-0.25, -0.2) is 4.98 Å². The lowest BCUT2D eigenvalue weighted by Crippen LogP contribution is -2.61. The number of nitrogens with zero attached hydrogens (tertiary/aromatic N) is 2. The third-order valence-electron chi connectivity index (χ3n) is 7.32. The number of hydrogen-bond donors (Lipinski definition) is 1. The first kappa shape index (κ1) is 28.9. The fourth-order valence-corrected chi connectivity index (χ4v) is 5.94. The zero-order valence-corrected chi connectivity index (χ0v) is 24.8. The number of aromatic nitrogens is 1. The van der Waals surface area contributed by atoms with Crippen molar-refractivity contribution in [3.05, 3.63) is 88.8 Å². The second-order valence-corrected chi connectivity index (χ2v) is 10.9. The third-order valence-corrected chi connectivity index (χ3v) is 8.39. The minimum atomic E-state index is -1.32. The molecule has 2 amide bonds. The van der Waals surface area contributed by atoms with Gasteiger partial charge in [0.15, 0.2) is 21.9 Å². The molecule has 4 aromatic rings. The zero-order chi connectivity index (χ0) is 29.7. The van der Waals surface area contributed by atoms with Gasteiger partial charge in [0, 0.05) is 24.2 Å². The minimum absolute atomic E-state index is 0.0621. The molecule has 0 saturated carbocycles. The monoisotopic (exact) mass is 587 g/mol. The second kappa shape index (κ2) is 12.5. The van der Waals surface area contributed by atoms with Gasteiger partial charge in [-0.1, -0.05) is 66.7 Å². The lowest BCUT2D eigenvalue weighted by Gasteiger charge is -2.38. The molecule has 0 aliphatic carbocycles. The number of methoxy groups -OCH3 is 3.